The number of hydrogen-bond acceptors (Lipinski definition) is 1. The summed E-state index contributed by atoms with van der Waals surface area (Å²) in [6.07, 6.45) is 4.30. The Hall–Kier alpha value is -0.110. The summed E-state index contributed by atoms with van der Waals surface area (Å²) in [5, 5.41) is 8.43. The molecular formula is C9H19FO. The zero-order valence-corrected chi connectivity index (χ0v) is 7.35. The third kappa shape index (κ3) is 7.79. The molecule has 0 unspecified atom stereocenters. The average molecular weight is 162 g/mol. The van der Waals surface area contributed by atoms with Crippen LogP contribution in [0, 0.1) is 0 Å². The molecule has 0 saturated carbocycles. The molecule has 0 saturated heterocycles. The van der Waals surface area contributed by atoms with Crippen LogP contribution in [0.25, 0.3) is 0 Å². The van der Waals surface area contributed by atoms with E-state index in [2.05, 4.69) is 6.92 Å². The van der Waals surface area contributed by atoms with Gasteiger partial charge in [0.05, 0.1) is 0 Å². The first kappa shape index (κ1) is 10.9. The van der Waals surface area contributed by atoms with Crippen LogP contribution in [0.15, 0.2) is 0 Å². The molecule has 2 heteroatoms. The molecule has 1 nitrogen and oxygen atoms in total. The fourth-order valence-corrected chi connectivity index (χ4v) is 1.05. The molecule has 0 radical (unpaired) electrons. The summed E-state index contributed by atoms with van der Waals surface area (Å²) in [4.78, 5) is 0. The zero-order valence-electron chi connectivity index (χ0n) is 7.35. The van der Waals surface area contributed by atoms with Crippen LogP contribution in [-0.2, 0) is 0 Å². The van der Waals surface area contributed by atoms with E-state index in [1.165, 1.54) is 0 Å². The Balaban J connectivity index is 3.02. The van der Waals surface area contributed by atoms with Crippen LogP contribution >= 0.6 is 0 Å². The maximum absolute atomic E-state index is 12.8. The van der Waals surface area contributed by atoms with E-state index in [0.29, 0.717) is 12.8 Å². The first-order chi connectivity index (χ1) is 5.31. The molecule has 0 bridgehead atoms. The highest BCUT2D eigenvalue weighted by molar-refractivity contribution is 4.55. The van der Waals surface area contributed by atoms with Crippen LogP contribution in [0.1, 0.15) is 45.4 Å². The second-order valence-electron chi connectivity index (χ2n) is 2.96. The first-order valence-electron chi connectivity index (χ1n) is 4.56. The van der Waals surface area contributed by atoms with Crippen LogP contribution in [0.3, 0.4) is 0 Å². The fourth-order valence-electron chi connectivity index (χ4n) is 1.05. The van der Waals surface area contributed by atoms with Gasteiger partial charge in [-0.1, -0.05) is 19.8 Å². The highest BCUT2D eigenvalue weighted by atomic mass is 19.1. The van der Waals surface area contributed by atoms with Gasteiger partial charge >= 0.3 is 0 Å². The Morgan fingerprint density at radius 2 is 1.82 bits per heavy atom. The van der Waals surface area contributed by atoms with Crippen molar-refractivity contribution in [2.45, 2.75) is 51.6 Å². The topological polar surface area (TPSA) is 20.2 Å². The molecule has 0 heterocycles. The Kier molecular flexibility index (Phi) is 7.91. The summed E-state index contributed by atoms with van der Waals surface area (Å²) in [5.41, 5.74) is 0. The van der Waals surface area contributed by atoms with Crippen molar-refractivity contribution >= 4 is 0 Å². The van der Waals surface area contributed by atoms with Crippen molar-refractivity contribution < 1.29 is 9.50 Å². The van der Waals surface area contributed by atoms with Gasteiger partial charge in [-0.3, -0.25) is 0 Å². The Morgan fingerprint density at radius 3 is 2.36 bits per heavy atom. The standard InChI is InChI=1S/C9H19FO/c1-2-3-6-9(10)7-4-5-8-11/h9,11H,2-8H2,1H3/t9-/m1/s1. The molecule has 68 valence electrons. The van der Waals surface area contributed by atoms with Crippen molar-refractivity contribution in [3.63, 3.8) is 0 Å². The number of aliphatic hydroxyl groups is 1. The Labute approximate surface area is 68.6 Å². The summed E-state index contributed by atoms with van der Waals surface area (Å²) < 4.78 is 12.8. The molecule has 0 aliphatic heterocycles. The van der Waals surface area contributed by atoms with Crippen molar-refractivity contribution in [3.05, 3.63) is 0 Å². The van der Waals surface area contributed by atoms with Gasteiger partial charge in [0.15, 0.2) is 0 Å². The molecule has 0 aromatic carbocycles. The van der Waals surface area contributed by atoms with Crippen molar-refractivity contribution in [2.24, 2.45) is 0 Å². The van der Waals surface area contributed by atoms with Crippen LogP contribution in [-0.4, -0.2) is 17.9 Å². The number of aliphatic hydroxyl groups excluding tert-OH is 1. The zero-order chi connectivity index (χ0) is 8.53. The van der Waals surface area contributed by atoms with Crippen LogP contribution < -0.4 is 0 Å². The summed E-state index contributed by atoms with van der Waals surface area (Å²) in [6.45, 7) is 2.26. The van der Waals surface area contributed by atoms with Crippen LogP contribution in [0.4, 0.5) is 4.39 Å². The number of halogens is 1. The molecule has 0 spiro atoms. The molecule has 0 aromatic rings. The molecule has 1 N–H and O–H groups in total. The molecular weight excluding hydrogens is 143 g/mol. The van der Waals surface area contributed by atoms with E-state index in [4.69, 9.17) is 5.11 Å². The van der Waals surface area contributed by atoms with E-state index >= 15 is 0 Å². The minimum absolute atomic E-state index is 0.195. The van der Waals surface area contributed by atoms with Gasteiger partial charge in [-0.2, -0.15) is 0 Å². The monoisotopic (exact) mass is 162 g/mol. The fraction of sp³-hybridized carbons (Fsp3) is 1.00. The lowest BCUT2D eigenvalue weighted by atomic mass is 10.1. The summed E-state index contributed by atoms with van der Waals surface area (Å²) in [5.74, 6) is 0. The predicted octanol–water partition coefficient (Wildman–Crippen LogP) is 2.68. The number of hydrogen-bond donors (Lipinski definition) is 1. The van der Waals surface area contributed by atoms with E-state index in [-0.39, 0.29) is 6.61 Å². The molecule has 0 amide bonds. The van der Waals surface area contributed by atoms with Gasteiger partial charge in [-0.25, -0.2) is 4.39 Å². The first-order valence-corrected chi connectivity index (χ1v) is 4.56. The highest BCUT2D eigenvalue weighted by Gasteiger charge is 2.03. The predicted molar refractivity (Wildman–Crippen MR) is 45.4 cm³/mol. The Morgan fingerprint density at radius 1 is 1.18 bits per heavy atom. The van der Waals surface area contributed by atoms with E-state index < -0.39 is 6.17 Å². The average Bonchev–Trinajstić information content (AvgIpc) is 2.01. The van der Waals surface area contributed by atoms with Gasteiger partial charge in [0, 0.05) is 6.61 Å². The summed E-state index contributed by atoms with van der Waals surface area (Å²) in [6, 6.07) is 0. The third-order valence-electron chi connectivity index (χ3n) is 1.80. The quantitative estimate of drug-likeness (QED) is 0.571. The maximum Gasteiger partial charge on any atom is 0.100 e. The normalized spacial score (nSPS) is 13.4. The van der Waals surface area contributed by atoms with Gasteiger partial charge in [-0.15, -0.1) is 0 Å². The number of unbranched alkanes of at least 4 members (excludes halogenated alkanes) is 2. The maximum atomic E-state index is 12.8. The summed E-state index contributed by atoms with van der Waals surface area (Å²) in [7, 11) is 0. The number of rotatable bonds is 7. The molecule has 0 aliphatic carbocycles. The molecule has 11 heavy (non-hydrogen) atoms. The second-order valence-corrected chi connectivity index (χ2v) is 2.96. The van der Waals surface area contributed by atoms with E-state index in [0.717, 1.165) is 25.7 Å². The number of alkyl halides is 1. The van der Waals surface area contributed by atoms with Gasteiger partial charge in [-0.05, 0) is 25.7 Å². The van der Waals surface area contributed by atoms with Gasteiger partial charge < -0.3 is 5.11 Å². The highest BCUT2D eigenvalue weighted by Crippen LogP contribution is 2.11. The van der Waals surface area contributed by atoms with Crippen molar-refractivity contribution in [1.29, 1.82) is 0 Å². The van der Waals surface area contributed by atoms with E-state index in [1.807, 2.05) is 0 Å². The largest absolute Gasteiger partial charge is 0.396 e. The third-order valence-corrected chi connectivity index (χ3v) is 1.80. The lowest BCUT2D eigenvalue weighted by molar-refractivity contribution is 0.252. The molecule has 0 aliphatic rings. The molecule has 1 atom stereocenters. The van der Waals surface area contributed by atoms with Crippen LogP contribution in [0.2, 0.25) is 0 Å². The van der Waals surface area contributed by atoms with E-state index in [9.17, 15) is 4.39 Å². The van der Waals surface area contributed by atoms with Crippen molar-refractivity contribution in [3.8, 4) is 0 Å². The van der Waals surface area contributed by atoms with Gasteiger partial charge in [0.1, 0.15) is 6.17 Å². The van der Waals surface area contributed by atoms with Crippen molar-refractivity contribution in [1.82, 2.24) is 0 Å². The smallest absolute Gasteiger partial charge is 0.100 e. The lowest BCUT2D eigenvalue weighted by Gasteiger charge is -2.05. The summed E-state index contributed by atoms with van der Waals surface area (Å²) >= 11 is 0. The molecule has 0 fully saturated rings. The SMILES string of the molecule is CCCC[C@@H](F)CCCCO. The molecule has 0 aromatic heterocycles. The van der Waals surface area contributed by atoms with Gasteiger partial charge in [0.25, 0.3) is 0 Å². The van der Waals surface area contributed by atoms with Gasteiger partial charge in [0.2, 0.25) is 0 Å². The van der Waals surface area contributed by atoms with E-state index in [1.54, 1.807) is 0 Å². The minimum Gasteiger partial charge on any atom is -0.396 e. The Bertz CT molecular complexity index is 76.0. The lowest BCUT2D eigenvalue weighted by Crippen LogP contribution is -2.00. The second kappa shape index (κ2) is 7.99. The van der Waals surface area contributed by atoms with Crippen molar-refractivity contribution in [2.75, 3.05) is 6.61 Å². The van der Waals surface area contributed by atoms with Crippen LogP contribution in [0.5, 0.6) is 0 Å². The minimum atomic E-state index is -0.638. The molecule has 0 rings (SSSR count).